The van der Waals surface area contributed by atoms with Gasteiger partial charge < -0.3 is 16.0 Å². The van der Waals surface area contributed by atoms with Crippen molar-refractivity contribution in [1.82, 2.24) is 16.0 Å². The maximum Gasteiger partial charge on any atom is 0.239 e. The molecule has 0 aliphatic carbocycles. The molecule has 2 aromatic rings. The minimum atomic E-state index is -0.172. The van der Waals surface area contributed by atoms with E-state index in [0.717, 1.165) is 29.4 Å². The second-order valence-electron chi connectivity index (χ2n) is 5.30. The summed E-state index contributed by atoms with van der Waals surface area (Å²) in [6.07, 6.45) is 0.270. The highest BCUT2D eigenvalue weighted by Gasteiger charge is 2.08. The van der Waals surface area contributed by atoms with Gasteiger partial charge in [0.2, 0.25) is 11.8 Å². The number of likely N-dealkylation sites (N-methyl/N-ethyl adjacent to an activating group) is 1. The van der Waals surface area contributed by atoms with E-state index in [9.17, 15) is 9.59 Å². The second-order valence-corrected chi connectivity index (χ2v) is 5.30. The molecule has 0 atom stereocenters. The topological polar surface area (TPSA) is 70.2 Å². The van der Waals surface area contributed by atoms with Crippen LogP contribution in [0.1, 0.15) is 12.5 Å². The van der Waals surface area contributed by atoms with Crippen LogP contribution in [0.5, 0.6) is 0 Å². The molecule has 24 heavy (non-hydrogen) atoms. The van der Waals surface area contributed by atoms with Crippen molar-refractivity contribution in [3.8, 4) is 0 Å². The van der Waals surface area contributed by atoms with Gasteiger partial charge in [0.1, 0.15) is 0 Å². The van der Waals surface area contributed by atoms with Crippen LogP contribution in [0.4, 0.5) is 0 Å². The molecule has 0 aliphatic rings. The summed E-state index contributed by atoms with van der Waals surface area (Å²) in [5.74, 6) is -0.322. The molecule has 2 aromatic carbocycles. The van der Waals surface area contributed by atoms with E-state index >= 15 is 0 Å². The van der Waals surface area contributed by atoms with Crippen LogP contribution in [0.2, 0.25) is 0 Å². The van der Waals surface area contributed by atoms with Crippen molar-refractivity contribution in [2.75, 3.05) is 26.2 Å². The Morgan fingerprint density at radius 2 is 1.67 bits per heavy atom. The van der Waals surface area contributed by atoms with Crippen LogP contribution in [0, 0.1) is 0 Å². The summed E-state index contributed by atoms with van der Waals surface area (Å²) in [7, 11) is 0. The van der Waals surface area contributed by atoms with E-state index in [2.05, 4.69) is 16.0 Å². The molecule has 2 rings (SSSR count). The first-order valence-corrected chi connectivity index (χ1v) is 7.91. The Hall–Kier alpha value is -2.11. The first-order valence-electron chi connectivity index (χ1n) is 7.91. The molecule has 130 valence electrons. The number of carbonyl (C=O) groups is 2. The third-order valence-electron chi connectivity index (χ3n) is 3.55. The third-order valence-corrected chi connectivity index (χ3v) is 3.55. The Morgan fingerprint density at radius 3 is 2.46 bits per heavy atom. The Kier molecular flexibility index (Phi) is 8.83. The highest BCUT2D eigenvalue weighted by molar-refractivity contribution is 5.91. The number of fused-ring (bicyclic) bond motifs is 1. The lowest BCUT2D eigenvalue weighted by atomic mass is 10.0. The lowest BCUT2D eigenvalue weighted by molar-refractivity contribution is -0.125. The Labute approximate surface area is 148 Å². The van der Waals surface area contributed by atoms with Crippen molar-refractivity contribution in [1.29, 1.82) is 0 Å². The number of hydrogen-bond donors (Lipinski definition) is 3. The van der Waals surface area contributed by atoms with Gasteiger partial charge in [-0.1, -0.05) is 49.4 Å². The van der Waals surface area contributed by atoms with Crippen molar-refractivity contribution in [3.05, 3.63) is 48.0 Å². The van der Waals surface area contributed by atoms with E-state index in [0.29, 0.717) is 6.54 Å². The van der Waals surface area contributed by atoms with Crippen LogP contribution in [-0.4, -0.2) is 38.0 Å². The van der Waals surface area contributed by atoms with E-state index in [1.165, 1.54) is 0 Å². The summed E-state index contributed by atoms with van der Waals surface area (Å²) in [5, 5.41) is 10.7. The van der Waals surface area contributed by atoms with Gasteiger partial charge in [0.25, 0.3) is 0 Å². The molecular formula is C18H24ClN3O2. The molecule has 0 heterocycles. The number of benzene rings is 2. The predicted molar refractivity (Wildman–Crippen MR) is 99.5 cm³/mol. The molecule has 0 bridgehead atoms. The minimum absolute atomic E-state index is 0. The molecule has 0 aromatic heterocycles. The largest absolute Gasteiger partial charge is 0.353 e. The fourth-order valence-corrected chi connectivity index (χ4v) is 2.39. The Bertz CT molecular complexity index is 671. The van der Waals surface area contributed by atoms with Crippen molar-refractivity contribution >= 4 is 35.0 Å². The van der Waals surface area contributed by atoms with Crippen molar-refractivity contribution in [2.45, 2.75) is 13.3 Å². The number of rotatable bonds is 8. The van der Waals surface area contributed by atoms with Gasteiger partial charge in [-0.05, 0) is 22.9 Å². The van der Waals surface area contributed by atoms with E-state index in [4.69, 9.17) is 0 Å². The van der Waals surface area contributed by atoms with Crippen molar-refractivity contribution in [2.24, 2.45) is 0 Å². The van der Waals surface area contributed by atoms with E-state index in [1.54, 1.807) is 0 Å². The zero-order valence-corrected chi connectivity index (χ0v) is 14.6. The number of hydrogen-bond acceptors (Lipinski definition) is 3. The first-order chi connectivity index (χ1) is 11.2. The van der Waals surface area contributed by atoms with Gasteiger partial charge in [0.05, 0.1) is 13.0 Å². The highest BCUT2D eigenvalue weighted by atomic mass is 35.5. The molecule has 0 aliphatic heterocycles. The summed E-state index contributed by atoms with van der Waals surface area (Å²) in [6.45, 7) is 4.18. The molecule has 0 fully saturated rings. The van der Waals surface area contributed by atoms with Crippen LogP contribution in [-0.2, 0) is 16.0 Å². The molecule has 2 amide bonds. The van der Waals surface area contributed by atoms with Gasteiger partial charge in [-0.2, -0.15) is 0 Å². The molecule has 3 N–H and O–H groups in total. The van der Waals surface area contributed by atoms with Gasteiger partial charge in [0, 0.05) is 13.1 Å². The summed E-state index contributed by atoms with van der Waals surface area (Å²) < 4.78 is 0. The normalized spacial score (nSPS) is 10.0. The number of nitrogens with one attached hydrogen (secondary N) is 3. The monoisotopic (exact) mass is 349 g/mol. The second kappa shape index (κ2) is 10.6. The van der Waals surface area contributed by atoms with Crippen LogP contribution in [0.3, 0.4) is 0 Å². The lowest BCUT2D eigenvalue weighted by Crippen LogP contribution is -2.40. The quantitative estimate of drug-likeness (QED) is 0.635. The number of amides is 2. The third kappa shape index (κ3) is 6.18. The number of halogens is 1. The van der Waals surface area contributed by atoms with E-state index in [-0.39, 0.29) is 37.2 Å². The van der Waals surface area contributed by atoms with Crippen LogP contribution in [0.15, 0.2) is 42.5 Å². The fourth-order valence-electron chi connectivity index (χ4n) is 2.39. The molecule has 5 nitrogen and oxygen atoms in total. The summed E-state index contributed by atoms with van der Waals surface area (Å²) >= 11 is 0. The zero-order valence-electron chi connectivity index (χ0n) is 13.8. The standard InChI is InChI=1S/C18H23N3O2.ClH/c1-2-19-10-11-20-18(23)13-21-17(22)12-15-8-5-7-14-6-3-4-9-16(14)15;/h3-9,19H,2,10-13H2,1H3,(H,20,23)(H,21,22);1H. The van der Waals surface area contributed by atoms with Crippen molar-refractivity contribution < 1.29 is 9.59 Å². The average Bonchev–Trinajstić information content (AvgIpc) is 2.57. The van der Waals surface area contributed by atoms with Gasteiger partial charge in [-0.25, -0.2) is 0 Å². The lowest BCUT2D eigenvalue weighted by Gasteiger charge is -2.09. The van der Waals surface area contributed by atoms with E-state index in [1.807, 2.05) is 49.4 Å². The maximum atomic E-state index is 12.0. The summed E-state index contributed by atoms with van der Waals surface area (Å²) in [4.78, 5) is 23.7. The first kappa shape index (κ1) is 19.9. The average molecular weight is 350 g/mol. The SMILES string of the molecule is CCNCCNC(=O)CNC(=O)Cc1cccc2ccccc12.Cl. The maximum absolute atomic E-state index is 12.0. The summed E-state index contributed by atoms with van der Waals surface area (Å²) in [6, 6.07) is 13.9. The van der Waals surface area contributed by atoms with Gasteiger partial charge in [-0.3, -0.25) is 9.59 Å². The predicted octanol–water partition coefficient (Wildman–Crippen LogP) is 1.65. The smallest absolute Gasteiger partial charge is 0.239 e. The Morgan fingerprint density at radius 1 is 0.917 bits per heavy atom. The molecule has 0 saturated heterocycles. The molecule has 0 radical (unpaired) electrons. The van der Waals surface area contributed by atoms with Crippen molar-refractivity contribution in [3.63, 3.8) is 0 Å². The fraction of sp³-hybridized carbons (Fsp3) is 0.333. The summed E-state index contributed by atoms with van der Waals surface area (Å²) in [5.41, 5.74) is 0.966. The zero-order chi connectivity index (χ0) is 16.5. The van der Waals surface area contributed by atoms with Crippen LogP contribution >= 0.6 is 12.4 Å². The molecule has 0 unspecified atom stereocenters. The van der Waals surface area contributed by atoms with Gasteiger partial charge >= 0.3 is 0 Å². The minimum Gasteiger partial charge on any atom is -0.353 e. The molecule has 0 saturated carbocycles. The molecule has 6 heteroatoms. The van der Waals surface area contributed by atoms with Gasteiger partial charge in [-0.15, -0.1) is 12.4 Å². The van der Waals surface area contributed by atoms with Gasteiger partial charge in [0.15, 0.2) is 0 Å². The van der Waals surface area contributed by atoms with Crippen LogP contribution < -0.4 is 16.0 Å². The van der Waals surface area contributed by atoms with Crippen LogP contribution in [0.25, 0.3) is 10.8 Å². The molecule has 0 spiro atoms. The Balaban J connectivity index is 0.00000288. The number of carbonyl (C=O) groups excluding carboxylic acids is 2. The highest BCUT2D eigenvalue weighted by Crippen LogP contribution is 2.18. The van der Waals surface area contributed by atoms with E-state index < -0.39 is 0 Å². The molecular weight excluding hydrogens is 326 g/mol.